The molecule has 0 radical (unpaired) electrons. The molecule has 2 aromatic rings. The lowest BCUT2D eigenvalue weighted by molar-refractivity contribution is -0.182. The Bertz CT molecular complexity index is 1100. The lowest BCUT2D eigenvalue weighted by Crippen LogP contribution is -2.56. The molecule has 0 spiro atoms. The fourth-order valence-corrected chi connectivity index (χ4v) is 5.24. The van der Waals surface area contributed by atoms with Crippen molar-refractivity contribution in [3.8, 4) is 0 Å². The predicted molar refractivity (Wildman–Crippen MR) is 150 cm³/mol. The first-order chi connectivity index (χ1) is 17.3. The van der Waals surface area contributed by atoms with Gasteiger partial charge in [0.2, 0.25) is 0 Å². The number of morpholine rings is 1. The molecule has 0 bridgehead atoms. The molecular weight excluding hydrogens is 467 g/mol. The van der Waals surface area contributed by atoms with Gasteiger partial charge in [-0.25, -0.2) is 4.39 Å². The minimum Gasteiger partial charge on any atom is -0.389 e. The summed E-state index contributed by atoms with van der Waals surface area (Å²) in [6, 6.07) is 11.3. The highest BCUT2D eigenvalue weighted by Gasteiger charge is 2.37. The lowest BCUT2D eigenvalue weighted by atomic mass is 9.98. The monoisotopic (exact) mass is 510 g/mol. The van der Waals surface area contributed by atoms with E-state index in [1.807, 2.05) is 37.4 Å². The zero-order valence-corrected chi connectivity index (χ0v) is 23.2. The smallest absolute Gasteiger partial charge is 0.147 e. The maximum absolute atomic E-state index is 14.8. The second kappa shape index (κ2) is 11.8. The molecule has 0 amide bonds. The van der Waals surface area contributed by atoms with Crippen LogP contribution < -0.4 is 10.6 Å². The summed E-state index contributed by atoms with van der Waals surface area (Å²) in [6.45, 7) is 19.4. The van der Waals surface area contributed by atoms with Gasteiger partial charge in [0.1, 0.15) is 12.0 Å². The third-order valence-electron chi connectivity index (χ3n) is 6.64. The zero-order chi connectivity index (χ0) is 27.4. The molecule has 0 saturated carbocycles. The Morgan fingerprint density at radius 3 is 2.51 bits per heavy atom. The number of rotatable bonds is 11. The average molecular weight is 511 g/mol. The van der Waals surface area contributed by atoms with Crippen molar-refractivity contribution in [2.45, 2.75) is 64.8 Å². The molecule has 2 aromatic carbocycles. The average Bonchev–Trinajstić information content (AvgIpc) is 2.81. The van der Waals surface area contributed by atoms with Crippen LogP contribution in [0.5, 0.6) is 0 Å². The number of nitrogens with one attached hydrogen (secondary N) is 2. The van der Waals surface area contributed by atoms with Gasteiger partial charge in [-0.3, -0.25) is 9.80 Å². The van der Waals surface area contributed by atoms with Gasteiger partial charge in [0.25, 0.3) is 0 Å². The van der Waals surface area contributed by atoms with E-state index in [1.54, 1.807) is 24.1 Å². The molecule has 3 rings (SSSR count). The van der Waals surface area contributed by atoms with Crippen molar-refractivity contribution in [3.63, 3.8) is 0 Å². The van der Waals surface area contributed by atoms with E-state index in [0.29, 0.717) is 24.4 Å². The Labute approximate surface area is 221 Å². The van der Waals surface area contributed by atoms with E-state index in [0.717, 1.165) is 42.0 Å². The van der Waals surface area contributed by atoms with Crippen molar-refractivity contribution in [2.24, 2.45) is 0 Å². The van der Waals surface area contributed by atoms with Gasteiger partial charge < -0.3 is 20.5 Å². The Hall–Kier alpha value is -2.71. The maximum atomic E-state index is 14.8. The van der Waals surface area contributed by atoms with Gasteiger partial charge in [0.15, 0.2) is 0 Å². The van der Waals surface area contributed by atoms with Crippen LogP contribution in [0, 0.1) is 5.82 Å². The quantitative estimate of drug-likeness (QED) is 0.372. The summed E-state index contributed by atoms with van der Waals surface area (Å²) in [6.07, 6.45) is 0.945. The van der Waals surface area contributed by atoms with E-state index in [1.165, 1.54) is 0 Å². The predicted octanol–water partition coefficient (Wildman–Crippen LogP) is 4.95. The Balaban J connectivity index is 1.77. The molecule has 37 heavy (non-hydrogen) atoms. The van der Waals surface area contributed by atoms with Crippen molar-refractivity contribution in [1.82, 2.24) is 15.1 Å². The molecule has 3 N–H and O–H groups in total. The van der Waals surface area contributed by atoms with Crippen molar-refractivity contribution in [2.75, 3.05) is 32.5 Å². The molecule has 1 atom stereocenters. The van der Waals surface area contributed by atoms with Crippen LogP contribution >= 0.6 is 0 Å². The number of aliphatic hydroxyl groups is 1. The van der Waals surface area contributed by atoms with E-state index in [2.05, 4.69) is 56.4 Å². The van der Waals surface area contributed by atoms with Crippen molar-refractivity contribution >= 4 is 11.8 Å². The van der Waals surface area contributed by atoms with Gasteiger partial charge in [-0.2, -0.15) is 0 Å². The van der Waals surface area contributed by atoms with Gasteiger partial charge in [-0.15, -0.1) is 0 Å². The lowest BCUT2D eigenvalue weighted by Gasteiger charge is -2.47. The van der Waals surface area contributed by atoms with E-state index in [-0.39, 0.29) is 17.0 Å². The standard InChI is InChI=1S/C30H43FN4O2/c1-9-23-11-10-12-27(25(23)18-34(8)28(36)21(2)32-7)33-16-24-15-22(13-14-26(24)31)17-35-19-29(3,4)37-30(5,6)20-35/h9-15,28,32-33,36H,1-2,16-20H2,3-8H3. The molecule has 1 aliphatic heterocycles. The van der Waals surface area contributed by atoms with E-state index < -0.39 is 6.23 Å². The highest BCUT2D eigenvalue weighted by molar-refractivity contribution is 5.64. The molecule has 1 fully saturated rings. The normalized spacial score (nSPS) is 17.9. The second-order valence-electron chi connectivity index (χ2n) is 11.2. The molecule has 0 aliphatic carbocycles. The fraction of sp³-hybridized carbons (Fsp3) is 0.467. The number of nitrogens with zero attached hydrogens (tertiary/aromatic N) is 2. The van der Waals surface area contributed by atoms with Crippen molar-refractivity contribution in [3.05, 3.63) is 83.3 Å². The third-order valence-corrected chi connectivity index (χ3v) is 6.64. The highest BCUT2D eigenvalue weighted by Crippen LogP contribution is 2.29. The van der Waals surface area contributed by atoms with Crippen LogP contribution in [0.4, 0.5) is 10.1 Å². The summed E-state index contributed by atoms with van der Waals surface area (Å²) in [7, 11) is 3.56. The van der Waals surface area contributed by atoms with E-state index in [9.17, 15) is 9.50 Å². The number of anilines is 1. The van der Waals surface area contributed by atoms with Crippen LogP contribution in [0.2, 0.25) is 0 Å². The molecule has 1 heterocycles. The first-order valence-electron chi connectivity index (χ1n) is 12.8. The molecule has 7 heteroatoms. The number of hydrogen-bond acceptors (Lipinski definition) is 6. The van der Waals surface area contributed by atoms with Crippen molar-refractivity contribution < 1.29 is 14.2 Å². The zero-order valence-electron chi connectivity index (χ0n) is 23.2. The van der Waals surface area contributed by atoms with Crippen molar-refractivity contribution in [1.29, 1.82) is 0 Å². The van der Waals surface area contributed by atoms with Crippen LogP contribution in [0.15, 0.2) is 55.3 Å². The largest absolute Gasteiger partial charge is 0.389 e. The Morgan fingerprint density at radius 2 is 1.89 bits per heavy atom. The first kappa shape index (κ1) is 28.9. The molecule has 6 nitrogen and oxygen atoms in total. The Morgan fingerprint density at radius 1 is 1.22 bits per heavy atom. The number of halogens is 1. The number of hydrogen-bond donors (Lipinski definition) is 3. The summed E-state index contributed by atoms with van der Waals surface area (Å²) >= 11 is 0. The van der Waals surface area contributed by atoms with E-state index in [4.69, 9.17) is 4.74 Å². The Kier molecular flexibility index (Phi) is 9.18. The molecule has 0 aromatic heterocycles. The molecule has 202 valence electrons. The minimum absolute atomic E-state index is 0.237. The van der Waals surface area contributed by atoms with Crippen LogP contribution in [0.1, 0.15) is 49.9 Å². The van der Waals surface area contributed by atoms with Gasteiger partial charge in [0, 0.05) is 56.7 Å². The third kappa shape index (κ3) is 7.65. The summed E-state index contributed by atoms with van der Waals surface area (Å²) in [5.74, 6) is -0.238. The number of aliphatic hydroxyl groups excluding tert-OH is 1. The van der Waals surface area contributed by atoms with Gasteiger partial charge in [0.05, 0.1) is 11.2 Å². The van der Waals surface area contributed by atoms with E-state index >= 15 is 0 Å². The van der Waals surface area contributed by atoms with Crippen LogP contribution in [-0.4, -0.2) is 59.5 Å². The highest BCUT2D eigenvalue weighted by atomic mass is 19.1. The summed E-state index contributed by atoms with van der Waals surface area (Å²) < 4.78 is 21.0. The number of likely N-dealkylation sites (N-methyl/N-ethyl adjacent to an activating group) is 2. The molecule has 1 aliphatic rings. The maximum Gasteiger partial charge on any atom is 0.147 e. The number of ether oxygens (including phenoxy) is 1. The fourth-order valence-electron chi connectivity index (χ4n) is 5.24. The summed E-state index contributed by atoms with van der Waals surface area (Å²) in [4.78, 5) is 4.17. The number of benzene rings is 2. The summed E-state index contributed by atoms with van der Waals surface area (Å²) in [5, 5.41) is 16.9. The first-order valence-corrected chi connectivity index (χ1v) is 12.8. The van der Waals surface area contributed by atoms with Crippen LogP contribution in [0.3, 0.4) is 0 Å². The topological polar surface area (TPSA) is 60.0 Å². The molecule has 1 saturated heterocycles. The van der Waals surface area contributed by atoms with Gasteiger partial charge in [-0.1, -0.05) is 37.4 Å². The van der Waals surface area contributed by atoms with Crippen LogP contribution in [-0.2, 0) is 24.4 Å². The summed E-state index contributed by atoms with van der Waals surface area (Å²) in [5.41, 5.74) is 4.50. The van der Waals surface area contributed by atoms with Crippen LogP contribution in [0.25, 0.3) is 6.08 Å². The van der Waals surface area contributed by atoms with Gasteiger partial charge in [-0.05, 0) is 69.6 Å². The minimum atomic E-state index is -0.847. The van der Waals surface area contributed by atoms with Gasteiger partial charge >= 0.3 is 0 Å². The second-order valence-corrected chi connectivity index (χ2v) is 11.2. The molecule has 1 unspecified atom stereocenters. The SMILES string of the molecule is C=Cc1cccc(NCc2cc(CN3CC(C)(C)OC(C)(C)C3)ccc2F)c1CN(C)C(O)C(=C)NC. The molecular formula is C30H43FN4O2.